The summed E-state index contributed by atoms with van der Waals surface area (Å²) in [5, 5.41) is 0. The number of hydrogen-bond donors (Lipinski definition) is 1. The van der Waals surface area contributed by atoms with Gasteiger partial charge in [-0.1, -0.05) is 0 Å². The highest BCUT2D eigenvalue weighted by molar-refractivity contribution is 5.56. The number of rotatable bonds is 1. The highest BCUT2D eigenvalue weighted by Crippen LogP contribution is 2.07. The van der Waals surface area contributed by atoms with Crippen molar-refractivity contribution in [2.75, 3.05) is 0 Å². The van der Waals surface area contributed by atoms with Crippen molar-refractivity contribution in [1.82, 2.24) is 15.0 Å². The molecule has 2 rings (SSSR count). The van der Waals surface area contributed by atoms with Crippen molar-refractivity contribution in [2.45, 2.75) is 0 Å². The Morgan fingerprint density at radius 1 is 1.31 bits per heavy atom. The summed E-state index contributed by atoms with van der Waals surface area (Å²) in [6.45, 7) is 0. The van der Waals surface area contributed by atoms with E-state index in [-0.39, 0.29) is 5.43 Å². The molecule has 2 aromatic rings. The Kier molecular flexibility index (Phi) is 1.88. The zero-order valence-corrected chi connectivity index (χ0v) is 6.77. The minimum absolute atomic E-state index is 0.0440. The van der Waals surface area contributed by atoms with Crippen LogP contribution in [0.5, 0.6) is 0 Å². The molecule has 0 aliphatic carbocycles. The lowest BCUT2D eigenvalue weighted by Crippen LogP contribution is -2.03. The van der Waals surface area contributed by atoms with Gasteiger partial charge in [-0.15, -0.1) is 0 Å². The molecule has 0 aromatic carbocycles. The second kappa shape index (κ2) is 3.18. The molecule has 64 valence electrons. The topological polar surface area (TPSA) is 58.6 Å². The molecular formula is C9H7N3O. The first kappa shape index (κ1) is 7.67. The van der Waals surface area contributed by atoms with E-state index in [9.17, 15) is 4.79 Å². The normalized spacial score (nSPS) is 9.85. The van der Waals surface area contributed by atoms with Crippen LogP contribution < -0.4 is 5.43 Å². The molecule has 1 N–H and O–H groups in total. The molecule has 4 nitrogen and oxygen atoms in total. The van der Waals surface area contributed by atoms with E-state index in [0.29, 0.717) is 11.3 Å². The minimum Gasteiger partial charge on any atom is -0.367 e. The lowest BCUT2D eigenvalue weighted by molar-refractivity contribution is 1.16. The highest BCUT2D eigenvalue weighted by Gasteiger charge is 2.01. The lowest BCUT2D eigenvalue weighted by Gasteiger charge is -1.96. The van der Waals surface area contributed by atoms with E-state index in [1.165, 1.54) is 12.4 Å². The summed E-state index contributed by atoms with van der Waals surface area (Å²) in [4.78, 5) is 21.9. The number of H-pyrrole nitrogens is 1. The highest BCUT2D eigenvalue weighted by atomic mass is 16.1. The van der Waals surface area contributed by atoms with Crippen molar-refractivity contribution >= 4 is 0 Å². The fourth-order valence-electron chi connectivity index (χ4n) is 1.07. The van der Waals surface area contributed by atoms with E-state index in [4.69, 9.17) is 0 Å². The first-order valence-electron chi connectivity index (χ1n) is 3.81. The Hall–Kier alpha value is -1.97. The minimum atomic E-state index is -0.0440. The molecule has 0 amide bonds. The van der Waals surface area contributed by atoms with Gasteiger partial charge in [-0.3, -0.25) is 4.79 Å². The summed E-state index contributed by atoms with van der Waals surface area (Å²) in [5.74, 6) is 0. The monoisotopic (exact) mass is 173 g/mol. The van der Waals surface area contributed by atoms with Crippen molar-refractivity contribution in [2.24, 2.45) is 0 Å². The Morgan fingerprint density at radius 3 is 2.92 bits per heavy atom. The van der Waals surface area contributed by atoms with Crippen molar-refractivity contribution in [3.05, 3.63) is 47.3 Å². The number of nitrogens with zero attached hydrogens (tertiary/aromatic N) is 2. The Bertz CT molecular complexity index is 450. The van der Waals surface area contributed by atoms with E-state index in [1.54, 1.807) is 24.7 Å². The zero-order valence-electron chi connectivity index (χ0n) is 6.77. The molecule has 13 heavy (non-hydrogen) atoms. The Morgan fingerprint density at radius 2 is 2.23 bits per heavy atom. The van der Waals surface area contributed by atoms with E-state index in [2.05, 4.69) is 15.0 Å². The summed E-state index contributed by atoms with van der Waals surface area (Å²) in [6, 6.07) is 3.17. The van der Waals surface area contributed by atoms with Crippen LogP contribution >= 0.6 is 0 Å². The summed E-state index contributed by atoms with van der Waals surface area (Å²) in [6.07, 6.45) is 6.24. The van der Waals surface area contributed by atoms with Crippen LogP contribution in [0.2, 0.25) is 0 Å². The first-order chi connectivity index (χ1) is 6.38. The molecule has 0 aliphatic rings. The molecule has 0 unspecified atom stereocenters. The van der Waals surface area contributed by atoms with Gasteiger partial charge in [0.05, 0.1) is 11.3 Å². The number of hydrogen-bond acceptors (Lipinski definition) is 3. The molecule has 4 heteroatoms. The van der Waals surface area contributed by atoms with Crippen LogP contribution in [0.1, 0.15) is 0 Å². The number of aromatic amines is 1. The summed E-state index contributed by atoms with van der Waals surface area (Å²) >= 11 is 0. The molecule has 0 bridgehead atoms. The van der Waals surface area contributed by atoms with Crippen LogP contribution in [0.4, 0.5) is 0 Å². The van der Waals surface area contributed by atoms with Gasteiger partial charge in [-0.2, -0.15) is 0 Å². The van der Waals surface area contributed by atoms with E-state index in [1.807, 2.05) is 0 Å². The van der Waals surface area contributed by atoms with Gasteiger partial charge in [0.1, 0.15) is 6.33 Å². The van der Waals surface area contributed by atoms with Gasteiger partial charge >= 0.3 is 0 Å². The summed E-state index contributed by atoms with van der Waals surface area (Å²) in [7, 11) is 0. The maximum atomic E-state index is 11.3. The van der Waals surface area contributed by atoms with Crippen molar-refractivity contribution in [1.29, 1.82) is 0 Å². The van der Waals surface area contributed by atoms with Crippen molar-refractivity contribution in [3.63, 3.8) is 0 Å². The average molecular weight is 173 g/mol. The molecule has 0 atom stereocenters. The second-order valence-electron chi connectivity index (χ2n) is 2.52. The molecule has 0 aliphatic heterocycles. The van der Waals surface area contributed by atoms with Crippen LogP contribution in [0, 0.1) is 0 Å². The van der Waals surface area contributed by atoms with Crippen LogP contribution in [0.15, 0.2) is 41.8 Å². The zero-order chi connectivity index (χ0) is 9.10. The molecule has 2 heterocycles. The second-order valence-corrected chi connectivity index (χ2v) is 2.52. The van der Waals surface area contributed by atoms with Gasteiger partial charge < -0.3 is 4.98 Å². The number of nitrogens with one attached hydrogen (secondary N) is 1. The maximum absolute atomic E-state index is 11.3. The molecular weight excluding hydrogens is 166 g/mol. The first-order valence-corrected chi connectivity index (χ1v) is 3.81. The van der Waals surface area contributed by atoms with Gasteiger partial charge in [0.15, 0.2) is 5.43 Å². The standard InChI is InChI=1S/C9H7N3O/c13-9-2-4-10-5-7(9)8-1-3-11-6-12-8/h1-6H,(H,10,13). The molecule has 0 spiro atoms. The van der Waals surface area contributed by atoms with E-state index >= 15 is 0 Å². The largest absolute Gasteiger partial charge is 0.367 e. The third kappa shape index (κ3) is 1.46. The van der Waals surface area contributed by atoms with Crippen LogP contribution in [0.3, 0.4) is 0 Å². The Labute approximate surface area is 74.3 Å². The third-order valence-corrected chi connectivity index (χ3v) is 1.68. The fourth-order valence-corrected chi connectivity index (χ4v) is 1.07. The molecule has 2 aromatic heterocycles. The van der Waals surface area contributed by atoms with Gasteiger partial charge in [0.25, 0.3) is 0 Å². The van der Waals surface area contributed by atoms with Crippen molar-refractivity contribution < 1.29 is 0 Å². The molecule has 0 fully saturated rings. The van der Waals surface area contributed by atoms with E-state index < -0.39 is 0 Å². The average Bonchev–Trinajstić information content (AvgIpc) is 2.20. The maximum Gasteiger partial charge on any atom is 0.190 e. The predicted octanol–water partition coefficient (Wildman–Crippen LogP) is 0.832. The van der Waals surface area contributed by atoms with Crippen molar-refractivity contribution in [3.8, 4) is 11.3 Å². The SMILES string of the molecule is O=c1cc[nH]cc1-c1ccncn1. The summed E-state index contributed by atoms with van der Waals surface area (Å²) < 4.78 is 0. The van der Waals surface area contributed by atoms with Gasteiger partial charge in [0.2, 0.25) is 0 Å². The molecule has 0 radical (unpaired) electrons. The smallest absolute Gasteiger partial charge is 0.190 e. The van der Waals surface area contributed by atoms with Gasteiger partial charge in [-0.05, 0) is 6.07 Å². The third-order valence-electron chi connectivity index (χ3n) is 1.68. The molecule has 0 saturated heterocycles. The van der Waals surface area contributed by atoms with Crippen LogP contribution in [-0.4, -0.2) is 15.0 Å². The fraction of sp³-hybridized carbons (Fsp3) is 0. The van der Waals surface area contributed by atoms with Crippen LogP contribution in [-0.2, 0) is 0 Å². The quantitative estimate of drug-likeness (QED) is 0.694. The van der Waals surface area contributed by atoms with Gasteiger partial charge in [-0.25, -0.2) is 9.97 Å². The van der Waals surface area contributed by atoms with Gasteiger partial charge in [0, 0.05) is 24.7 Å². The number of aromatic nitrogens is 3. The summed E-state index contributed by atoms with van der Waals surface area (Å²) in [5.41, 5.74) is 1.15. The number of pyridine rings is 1. The Balaban J connectivity index is 2.60. The lowest BCUT2D eigenvalue weighted by atomic mass is 10.2. The van der Waals surface area contributed by atoms with Crippen LogP contribution in [0.25, 0.3) is 11.3 Å². The van der Waals surface area contributed by atoms with E-state index in [0.717, 1.165) is 0 Å². The molecule has 0 saturated carbocycles. The predicted molar refractivity (Wildman–Crippen MR) is 48.1 cm³/mol.